The zero-order valence-corrected chi connectivity index (χ0v) is 27.0. The highest BCUT2D eigenvalue weighted by molar-refractivity contribution is 5.93. The minimum atomic E-state index is -1.75. The molecule has 2 fully saturated rings. The highest BCUT2D eigenvalue weighted by atomic mass is 16.7. The van der Waals surface area contributed by atoms with Crippen LogP contribution < -0.4 is 5.32 Å². The molecule has 2 aromatic heterocycles. The van der Waals surface area contributed by atoms with Crippen LogP contribution in [0.2, 0.25) is 0 Å². The fraction of sp³-hybridized carbons (Fsp3) is 0.724. The molecule has 21 nitrogen and oxygen atoms in total. The van der Waals surface area contributed by atoms with Crippen LogP contribution in [0, 0.1) is 10.1 Å². The number of aliphatic hydroxyl groups excluding tert-OH is 7. The van der Waals surface area contributed by atoms with Gasteiger partial charge >= 0.3 is 5.69 Å². The number of aliphatic hydroxyl groups is 7. The van der Waals surface area contributed by atoms with Gasteiger partial charge < -0.3 is 60.0 Å². The van der Waals surface area contributed by atoms with E-state index in [4.69, 9.17) is 18.9 Å². The molecule has 0 radical (unpaired) electrons. The van der Waals surface area contributed by atoms with E-state index in [9.17, 15) is 45.9 Å². The Labute approximate surface area is 284 Å². The summed E-state index contributed by atoms with van der Waals surface area (Å²) in [7, 11) is 0. The molecule has 0 amide bonds. The smallest absolute Gasteiger partial charge is 0.300 e. The van der Waals surface area contributed by atoms with Gasteiger partial charge in [0.15, 0.2) is 18.1 Å². The van der Waals surface area contributed by atoms with Gasteiger partial charge in [0.2, 0.25) is 5.52 Å². The SMILES string of the molecule is O=[N+]([O-])c1ccc(NCc2cn(CCCCCCCCO[C@@H]3O[C@H](CO)[C@H](O)[C@H](O[C@@H]4O[C@H](CO)[C@H](O)[C@H](O)[C@H]4O)[C@H]3O)nn2)c2nonc12. The van der Waals surface area contributed by atoms with E-state index in [0.29, 0.717) is 30.9 Å². The number of nitrogens with zero attached hydrogens (tertiary/aromatic N) is 6. The lowest BCUT2D eigenvalue weighted by atomic mass is 9.97. The lowest BCUT2D eigenvalue weighted by Crippen LogP contribution is -2.64. The summed E-state index contributed by atoms with van der Waals surface area (Å²) in [5, 5.41) is 101. The van der Waals surface area contributed by atoms with Crippen molar-refractivity contribution in [3.8, 4) is 0 Å². The maximum atomic E-state index is 11.2. The molecule has 2 saturated heterocycles. The molecule has 8 N–H and O–H groups in total. The summed E-state index contributed by atoms with van der Waals surface area (Å²) >= 11 is 0. The first kappa shape index (κ1) is 37.8. The van der Waals surface area contributed by atoms with Crippen molar-refractivity contribution in [3.05, 3.63) is 34.1 Å². The summed E-state index contributed by atoms with van der Waals surface area (Å²) in [6.45, 7) is -0.110. The van der Waals surface area contributed by atoms with Crippen LogP contribution in [0.4, 0.5) is 11.4 Å². The zero-order chi connectivity index (χ0) is 35.8. The molecule has 0 saturated carbocycles. The fourth-order valence-electron chi connectivity index (χ4n) is 5.83. The zero-order valence-electron chi connectivity index (χ0n) is 27.0. The van der Waals surface area contributed by atoms with Crippen molar-refractivity contribution in [1.82, 2.24) is 25.3 Å². The number of hydrogen-bond donors (Lipinski definition) is 8. The van der Waals surface area contributed by atoms with Crippen LogP contribution in [-0.2, 0) is 32.0 Å². The van der Waals surface area contributed by atoms with E-state index in [0.717, 1.165) is 32.1 Å². The van der Waals surface area contributed by atoms with Gasteiger partial charge in [0.1, 0.15) is 54.5 Å². The molecule has 4 heterocycles. The minimum Gasteiger partial charge on any atom is -0.394 e. The first-order valence-corrected chi connectivity index (χ1v) is 16.4. The molecule has 10 atom stereocenters. The van der Waals surface area contributed by atoms with Crippen molar-refractivity contribution in [1.29, 1.82) is 0 Å². The molecule has 278 valence electrons. The molecular formula is C29H43N7O14. The van der Waals surface area contributed by atoms with Crippen molar-refractivity contribution < 1.29 is 64.2 Å². The number of hydrogen-bond acceptors (Lipinski definition) is 19. The first-order valence-electron chi connectivity index (χ1n) is 16.4. The average molecular weight is 714 g/mol. The van der Waals surface area contributed by atoms with Crippen molar-refractivity contribution in [2.24, 2.45) is 0 Å². The lowest BCUT2D eigenvalue weighted by molar-refractivity contribution is -0.383. The molecule has 0 aliphatic carbocycles. The van der Waals surface area contributed by atoms with Crippen LogP contribution in [0.3, 0.4) is 0 Å². The fourth-order valence-corrected chi connectivity index (χ4v) is 5.83. The molecule has 21 heteroatoms. The number of nitro groups is 1. The highest BCUT2D eigenvalue weighted by Crippen LogP contribution is 2.31. The number of nitro benzene ring substituents is 1. The predicted octanol–water partition coefficient (Wildman–Crippen LogP) is -1.68. The summed E-state index contributed by atoms with van der Waals surface area (Å²) in [6.07, 6.45) is -7.96. The molecule has 50 heavy (non-hydrogen) atoms. The van der Waals surface area contributed by atoms with Crippen molar-refractivity contribution >= 4 is 22.4 Å². The maximum absolute atomic E-state index is 11.2. The Bertz CT molecular complexity index is 1510. The van der Waals surface area contributed by atoms with E-state index in [1.165, 1.54) is 12.1 Å². The van der Waals surface area contributed by atoms with Gasteiger partial charge in [0.05, 0.1) is 36.6 Å². The normalized spacial score (nSPS) is 30.1. The Morgan fingerprint density at radius 1 is 0.840 bits per heavy atom. The molecule has 0 unspecified atom stereocenters. The minimum absolute atomic E-state index is 0.0569. The van der Waals surface area contributed by atoms with Crippen LogP contribution in [0.25, 0.3) is 11.0 Å². The van der Waals surface area contributed by atoms with Crippen molar-refractivity contribution in [3.63, 3.8) is 0 Å². The Kier molecular flexibility index (Phi) is 13.3. The summed E-state index contributed by atoms with van der Waals surface area (Å²) in [4.78, 5) is 10.6. The number of nitrogens with one attached hydrogen (secondary N) is 1. The monoisotopic (exact) mass is 713 g/mol. The van der Waals surface area contributed by atoms with E-state index in [2.05, 4.69) is 30.6 Å². The quantitative estimate of drug-likeness (QED) is 0.0414. The number of ether oxygens (including phenoxy) is 4. The first-order chi connectivity index (χ1) is 24.1. The van der Waals surface area contributed by atoms with Gasteiger partial charge in [0, 0.05) is 19.2 Å². The third kappa shape index (κ3) is 8.87. The summed E-state index contributed by atoms with van der Waals surface area (Å²) < 4.78 is 28.6. The maximum Gasteiger partial charge on any atom is 0.300 e. The molecular weight excluding hydrogens is 670 g/mol. The third-order valence-corrected chi connectivity index (χ3v) is 8.66. The Morgan fingerprint density at radius 2 is 1.52 bits per heavy atom. The van der Waals surface area contributed by atoms with Crippen LogP contribution in [0.5, 0.6) is 0 Å². The van der Waals surface area contributed by atoms with Gasteiger partial charge in [0.25, 0.3) is 0 Å². The van der Waals surface area contributed by atoms with Crippen LogP contribution >= 0.6 is 0 Å². The van der Waals surface area contributed by atoms with Gasteiger partial charge in [-0.05, 0) is 29.2 Å². The number of anilines is 1. The number of unbranched alkanes of at least 4 members (excludes halogenated alkanes) is 5. The second kappa shape index (κ2) is 17.6. The molecule has 2 aliphatic rings. The molecule has 5 rings (SSSR count). The summed E-state index contributed by atoms with van der Waals surface area (Å²) in [6, 6.07) is 2.87. The molecule has 2 aliphatic heterocycles. The largest absolute Gasteiger partial charge is 0.394 e. The van der Waals surface area contributed by atoms with Crippen LogP contribution in [-0.4, -0.2) is 147 Å². The number of aryl methyl sites for hydroxylation is 1. The van der Waals surface area contributed by atoms with Gasteiger partial charge in [-0.3, -0.25) is 14.8 Å². The summed E-state index contributed by atoms with van der Waals surface area (Å²) in [5.74, 6) is 0. The third-order valence-electron chi connectivity index (χ3n) is 8.66. The van der Waals surface area contributed by atoms with Gasteiger partial charge in [-0.2, -0.15) is 0 Å². The van der Waals surface area contributed by atoms with Gasteiger partial charge in [-0.25, -0.2) is 4.63 Å². The van der Waals surface area contributed by atoms with E-state index in [-0.39, 0.29) is 23.3 Å². The van der Waals surface area contributed by atoms with Gasteiger partial charge in [-0.1, -0.05) is 30.9 Å². The number of fused-ring (bicyclic) bond motifs is 1. The van der Waals surface area contributed by atoms with E-state index < -0.39 is 79.5 Å². The highest BCUT2D eigenvalue weighted by Gasteiger charge is 2.50. The number of benzene rings is 1. The Morgan fingerprint density at radius 3 is 2.26 bits per heavy atom. The molecule has 0 bridgehead atoms. The van der Waals surface area contributed by atoms with Gasteiger partial charge in [-0.15, -0.1) is 5.10 Å². The second-order valence-corrected chi connectivity index (χ2v) is 12.2. The lowest BCUT2D eigenvalue weighted by Gasteiger charge is -2.45. The molecule has 1 aromatic carbocycles. The van der Waals surface area contributed by atoms with Crippen molar-refractivity contribution in [2.75, 3.05) is 25.1 Å². The topological polar surface area (TPSA) is 303 Å². The number of aromatic nitrogens is 5. The second-order valence-electron chi connectivity index (χ2n) is 12.2. The van der Waals surface area contributed by atoms with Crippen LogP contribution in [0.1, 0.15) is 44.2 Å². The standard InChI is InChI=1S/C29H43N7O14/c37-13-18-22(39)24(41)25(42)29(48-18)49-27-23(40)19(14-38)47-28(26(27)43)46-10-6-4-2-1-3-5-9-35-12-15(31-34-35)11-30-16-7-8-17(36(44)45)21-20(16)32-50-33-21/h7-8,12,18-19,22-30,37-43H,1-6,9-11,13-14H2/t18-,19-,22+,23+,24+,25-,26-,27+,28-,29+/m1/s1. The predicted molar refractivity (Wildman–Crippen MR) is 166 cm³/mol. The van der Waals surface area contributed by atoms with Crippen LogP contribution in [0.15, 0.2) is 23.0 Å². The van der Waals surface area contributed by atoms with E-state index in [1.807, 2.05) is 6.20 Å². The molecule has 0 spiro atoms. The summed E-state index contributed by atoms with van der Waals surface area (Å²) in [5.41, 5.74) is 1.30. The number of rotatable bonds is 18. The molecule has 3 aromatic rings. The van der Waals surface area contributed by atoms with E-state index >= 15 is 0 Å². The van der Waals surface area contributed by atoms with E-state index in [1.54, 1.807) is 4.68 Å². The number of non-ortho nitro benzene ring substituents is 1. The Hall–Kier alpha value is -3.48. The van der Waals surface area contributed by atoms with Crippen molar-refractivity contribution in [2.45, 2.75) is 113 Å². The Balaban J connectivity index is 0.973. The average Bonchev–Trinajstić information content (AvgIpc) is 3.79.